The Morgan fingerprint density at radius 1 is 1.17 bits per heavy atom. The summed E-state index contributed by atoms with van der Waals surface area (Å²) in [4.78, 5) is 11.5. The molecule has 7 nitrogen and oxygen atoms in total. The van der Waals surface area contributed by atoms with Gasteiger partial charge in [0.05, 0.1) is 4.90 Å². The van der Waals surface area contributed by atoms with Crippen molar-refractivity contribution in [1.82, 2.24) is 19.3 Å². The highest BCUT2D eigenvalue weighted by Gasteiger charge is 2.15. The molecule has 1 N–H and O–H groups in total. The molecule has 2 heterocycles. The minimum atomic E-state index is -3.68. The zero-order valence-electron chi connectivity index (χ0n) is 13.0. The third kappa shape index (κ3) is 3.34. The van der Waals surface area contributed by atoms with Gasteiger partial charge in [0.1, 0.15) is 5.82 Å². The van der Waals surface area contributed by atoms with Gasteiger partial charge < -0.3 is 0 Å². The fourth-order valence-electron chi connectivity index (χ4n) is 2.32. The van der Waals surface area contributed by atoms with Crippen LogP contribution in [0.5, 0.6) is 0 Å². The fourth-order valence-corrected chi connectivity index (χ4v) is 3.40. The van der Waals surface area contributed by atoms with Gasteiger partial charge in [0.25, 0.3) is 0 Å². The molecule has 2 aromatic heterocycles. The van der Waals surface area contributed by atoms with Gasteiger partial charge >= 0.3 is 0 Å². The minimum absolute atomic E-state index is 0.0706. The maximum absolute atomic E-state index is 12.3. The van der Waals surface area contributed by atoms with Gasteiger partial charge in [0.15, 0.2) is 11.4 Å². The third-order valence-electron chi connectivity index (χ3n) is 3.58. The number of pyridine rings is 1. The molecule has 0 aliphatic rings. The predicted molar refractivity (Wildman–Crippen MR) is 88.3 cm³/mol. The van der Waals surface area contributed by atoms with E-state index in [1.807, 2.05) is 28.8 Å². The zero-order valence-corrected chi connectivity index (χ0v) is 13.8. The second kappa shape index (κ2) is 6.50. The molecule has 0 amide bonds. The number of carbonyl (C=O) groups excluding carboxylic acids is 1. The topological polar surface area (TPSA) is 93.4 Å². The van der Waals surface area contributed by atoms with E-state index >= 15 is 0 Å². The molecule has 0 unspecified atom stereocenters. The van der Waals surface area contributed by atoms with Crippen LogP contribution in [0.1, 0.15) is 23.1 Å². The van der Waals surface area contributed by atoms with Gasteiger partial charge in [0.2, 0.25) is 10.0 Å². The van der Waals surface area contributed by atoms with E-state index in [4.69, 9.17) is 0 Å². The molecule has 0 atom stereocenters. The molecule has 0 bridgehead atoms. The summed E-state index contributed by atoms with van der Waals surface area (Å²) in [7, 11) is -3.68. The van der Waals surface area contributed by atoms with Crippen molar-refractivity contribution in [3.8, 4) is 0 Å². The van der Waals surface area contributed by atoms with Crippen molar-refractivity contribution in [2.24, 2.45) is 0 Å². The van der Waals surface area contributed by atoms with Crippen LogP contribution < -0.4 is 4.72 Å². The first kappa shape index (κ1) is 16.3. The van der Waals surface area contributed by atoms with E-state index in [9.17, 15) is 13.2 Å². The first-order chi connectivity index (χ1) is 11.5. The summed E-state index contributed by atoms with van der Waals surface area (Å²) in [6.07, 6.45) is 2.23. The number of carbonyl (C=O) groups is 1. The van der Waals surface area contributed by atoms with Crippen LogP contribution in [-0.2, 0) is 16.4 Å². The number of hydrogen-bond donors (Lipinski definition) is 1. The van der Waals surface area contributed by atoms with Gasteiger partial charge in [-0.1, -0.05) is 18.2 Å². The molecule has 8 heteroatoms. The number of nitrogens with zero attached hydrogens (tertiary/aromatic N) is 3. The van der Waals surface area contributed by atoms with Gasteiger partial charge in [-0.3, -0.25) is 9.20 Å². The smallest absolute Gasteiger partial charge is 0.240 e. The Morgan fingerprint density at radius 3 is 2.79 bits per heavy atom. The number of rotatable bonds is 6. The standard InChI is InChI=1S/C16H16N4O3S/c1-12(21)13-5-4-6-14(11-13)24(22,23)17-9-8-16-19-18-15-7-2-3-10-20(15)16/h2-7,10-11,17H,8-9H2,1H3. The summed E-state index contributed by atoms with van der Waals surface area (Å²) >= 11 is 0. The second-order valence-corrected chi connectivity index (χ2v) is 7.04. The number of aromatic nitrogens is 3. The highest BCUT2D eigenvalue weighted by Crippen LogP contribution is 2.12. The number of ketones is 1. The minimum Gasteiger partial charge on any atom is -0.295 e. The lowest BCUT2D eigenvalue weighted by molar-refractivity contribution is 0.101. The van der Waals surface area contributed by atoms with Crippen LogP contribution in [0.4, 0.5) is 0 Å². The molecule has 0 aliphatic heterocycles. The van der Waals surface area contributed by atoms with Crippen molar-refractivity contribution in [3.05, 3.63) is 60.0 Å². The van der Waals surface area contributed by atoms with Gasteiger partial charge in [-0.05, 0) is 31.2 Å². The van der Waals surface area contributed by atoms with Crippen LogP contribution in [0, 0.1) is 0 Å². The molecule has 1 aromatic carbocycles. The largest absolute Gasteiger partial charge is 0.295 e. The van der Waals surface area contributed by atoms with E-state index in [2.05, 4.69) is 14.9 Å². The van der Waals surface area contributed by atoms with Crippen molar-refractivity contribution < 1.29 is 13.2 Å². The highest BCUT2D eigenvalue weighted by molar-refractivity contribution is 7.89. The van der Waals surface area contributed by atoms with Crippen molar-refractivity contribution in [2.75, 3.05) is 6.54 Å². The number of fused-ring (bicyclic) bond motifs is 1. The quantitative estimate of drug-likeness (QED) is 0.683. The molecule has 24 heavy (non-hydrogen) atoms. The lowest BCUT2D eigenvalue weighted by Gasteiger charge is -2.07. The number of nitrogens with one attached hydrogen (secondary N) is 1. The Hall–Kier alpha value is -2.58. The Kier molecular flexibility index (Phi) is 4.41. The summed E-state index contributed by atoms with van der Waals surface area (Å²) in [5.74, 6) is 0.493. The Labute approximate surface area is 139 Å². The molecular formula is C16H16N4O3S. The Balaban J connectivity index is 1.71. The summed E-state index contributed by atoms with van der Waals surface area (Å²) in [6, 6.07) is 11.5. The summed E-state index contributed by atoms with van der Waals surface area (Å²) in [6.45, 7) is 1.58. The zero-order chi connectivity index (χ0) is 17.2. The molecule has 3 rings (SSSR count). The van der Waals surface area contributed by atoms with E-state index < -0.39 is 10.0 Å². The van der Waals surface area contributed by atoms with Crippen LogP contribution in [0.3, 0.4) is 0 Å². The highest BCUT2D eigenvalue weighted by atomic mass is 32.2. The number of hydrogen-bond acceptors (Lipinski definition) is 5. The third-order valence-corrected chi connectivity index (χ3v) is 5.03. The van der Waals surface area contributed by atoms with Gasteiger partial charge in [0, 0.05) is 24.7 Å². The average Bonchev–Trinajstić information content (AvgIpc) is 2.98. The number of Topliss-reactive ketones (excluding diaryl/α,β-unsaturated/α-hetero) is 1. The normalized spacial score (nSPS) is 11.7. The molecule has 0 radical (unpaired) electrons. The summed E-state index contributed by atoms with van der Waals surface area (Å²) < 4.78 is 29.0. The lowest BCUT2D eigenvalue weighted by atomic mass is 10.2. The van der Waals surface area contributed by atoms with E-state index in [0.717, 1.165) is 0 Å². The maximum atomic E-state index is 12.3. The van der Waals surface area contributed by atoms with Crippen LogP contribution in [-0.4, -0.2) is 35.3 Å². The second-order valence-electron chi connectivity index (χ2n) is 5.28. The SMILES string of the molecule is CC(=O)c1cccc(S(=O)(=O)NCCc2nnc3ccccn23)c1. The summed E-state index contributed by atoms with van der Waals surface area (Å²) in [5, 5.41) is 8.08. The molecule has 0 aliphatic carbocycles. The molecule has 0 saturated carbocycles. The fraction of sp³-hybridized carbons (Fsp3) is 0.188. The van der Waals surface area contributed by atoms with Crippen molar-refractivity contribution >= 4 is 21.5 Å². The molecule has 124 valence electrons. The van der Waals surface area contributed by atoms with E-state index in [1.54, 1.807) is 12.1 Å². The monoisotopic (exact) mass is 344 g/mol. The van der Waals surface area contributed by atoms with Crippen LogP contribution in [0.25, 0.3) is 5.65 Å². The number of sulfonamides is 1. The van der Waals surface area contributed by atoms with Gasteiger partial charge in [-0.15, -0.1) is 10.2 Å². The van der Waals surface area contributed by atoms with E-state index in [-0.39, 0.29) is 17.2 Å². The van der Waals surface area contributed by atoms with Crippen molar-refractivity contribution in [1.29, 1.82) is 0 Å². The molecule has 0 fully saturated rings. The lowest BCUT2D eigenvalue weighted by Crippen LogP contribution is -2.26. The molecule has 0 saturated heterocycles. The first-order valence-corrected chi connectivity index (χ1v) is 8.85. The Bertz CT molecular complexity index is 995. The van der Waals surface area contributed by atoms with Crippen LogP contribution >= 0.6 is 0 Å². The van der Waals surface area contributed by atoms with Crippen molar-refractivity contribution in [3.63, 3.8) is 0 Å². The van der Waals surface area contributed by atoms with Crippen LogP contribution in [0.2, 0.25) is 0 Å². The predicted octanol–water partition coefficient (Wildman–Crippen LogP) is 1.45. The van der Waals surface area contributed by atoms with Gasteiger partial charge in [-0.25, -0.2) is 13.1 Å². The summed E-state index contributed by atoms with van der Waals surface area (Å²) in [5.41, 5.74) is 1.07. The average molecular weight is 344 g/mol. The molecule has 0 spiro atoms. The Morgan fingerprint density at radius 2 is 2.00 bits per heavy atom. The maximum Gasteiger partial charge on any atom is 0.240 e. The van der Waals surface area contributed by atoms with E-state index in [0.29, 0.717) is 23.5 Å². The van der Waals surface area contributed by atoms with E-state index in [1.165, 1.54) is 19.1 Å². The number of benzene rings is 1. The first-order valence-electron chi connectivity index (χ1n) is 7.37. The van der Waals surface area contributed by atoms with Gasteiger partial charge in [-0.2, -0.15) is 0 Å². The van der Waals surface area contributed by atoms with Crippen molar-refractivity contribution in [2.45, 2.75) is 18.2 Å². The molecule has 3 aromatic rings. The molecular weight excluding hydrogens is 328 g/mol. The van der Waals surface area contributed by atoms with Crippen LogP contribution in [0.15, 0.2) is 53.6 Å².